The van der Waals surface area contributed by atoms with Crippen LogP contribution in [0.15, 0.2) is 35.8 Å². The van der Waals surface area contributed by atoms with Crippen LogP contribution in [0.3, 0.4) is 0 Å². The molecule has 0 aliphatic heterocycles. The fourth-order valence-corrected chi connectivity index (χ4v) is 3.76. The molecule has 8 heteroatoms. The SMILES string of the molecule is O=C(Nc1cccc(-c2nccs2)c1)NC1CCCCC1C(F)(F)F. The molecule has 2 N–H and O–H groups in total. The van der Waals surface area contributed by atoms with Crippen molar-refractivity contribution in [2.24, 2.45) is 5.92 Å². The van der Waals surface area contributed by atoms with Crippen molar-refractivity contribution in [2.75, 3.05) is 5.32 Å². The van der Waals surface area contributed by atoms with E-state index in [1.54, 1.807) is 24.4 Å². The summed E-state index contributed by atoms with van der Waals surface area (Å²) in [6, 6.07) is 5.58. The Kier molecular flexibility index (Phi) is 5.27. The summed E-state index contributed by atoms with van der Waals surface area (Å²) in [5, 5.41) is 7.78. The molecule has 1 aliphatic carbocycles. The lowest BCUT2D eigenvalue weighted by Crippen LogP contribution is -2.48. The van der Waals surface area contributed by atoms with Gasteiger partial charge in [-0.05, 0) is 25.0 Å². The number of anilines is 1. The summed E-state index contributed by atoms with van der Waals surface area (Å²) in [6.45, 7) is 0. The van der Waals surface area contributed by atoms with Gasteiger partial charge in [-0.3, -0.25) is 0 Å². The molecule has 1 aromatic heterocycles. The first-order chi connectivity index (χ1) is 11.9. The number of aromatic nitrogens is 1. The minimum atomic E-state index is -4.29. The fraction of sp³-hybridized carbons (Fsp3) is 0.412. The van der Waals surface area contributed by atoms with Gasteiger partial charge in [0.1, 0.15) is 5.01 Å². The molecule has 1 saturated carbocycles. The highest BCUT2D eigenvalue weighted by molar-refractivity contribution is 7.13. The second kappa shape index (κ2) is 7.43. The number of halogens is 3. The molecule has 134 valence electrons. The van der Waals surface area contributed by atoms with Crippen molar-refractivity contribution in [3.63, 3.8) is 0 Å². The van der Waals surface area contributed by atoms with Crippen molar-refractivity contribution in [3.05, 3.63) is 35.8 Å². The van der Waals surface area contributed by atoms with Crippen molar-refractivity contribution in [1.29, 1.82) is 0 Å². The second-order valence-corrected chi connectivity index (χ2v) is 6.95. The van der Waals surface area contributed by atoms with E-state index in [0.29, 0.717) is 24.9 Å². The molecule has 1 aliphatic rings. The lowest BCUT2D eigenvalue weighted by Gasteiger charge is -2.33. The number of alkyl halides is 3. The Balaban J connectivity index is 1.65. The van der Waals surface area contributed by atoms with E-state index in [4.69, 9.17) is 0 Å². The molecule has 2 unspecified atom stereocenters. The zero-order chi connectivity index (χ0) is 17.9. The van der Waals surface area contributed by atoms with Crippen LogP contribution in [0.2, 0.25) is 0 Å². The smallest absolute Gasteiger partial charge is 0.335 e. The summed E-state index contributed by atoms with van der Waals surface area (Å²) in [7, 11) is 0. The minimum absolute atomic E-state index is 0.0635. The highest BCUT2D eigenvalue weighted by Gasteiger charge is 2.45. The molecule has 0 radical (unpaired) electrons. The van der Waals surface area contributed by atoms with Crippen LogP contribution in [0.1, 0.15) is 25.7 Å². The maximum Gasteiger partial charge on any atom is 0.393 e. The molecule has 1 fully saturated rings. The number of rotatable bonds is 3. The van der Waals surface area contributed by atoms with Gasteiger partial charge in [-0.2, -0.15) is 13.2 Å². The van der Waals surface area contributed by atoms with Crippen LogP contribution in [0.25, 0.3) is 10.6 Å². The molecule has 2 amide bonds. The molecular formula is C17H18F3N3OS. The molecule has 2 aromatic rings. The van der Waals surface area contributed by atoms with Gasteiger partial charge in [-0.1, -0.05) is 25.0 Å². The van der Waals surface area contributed by atoms with Crippen LogP contribution in [-0.2, 0) is 0 Å². The molecule has 1 aromatic carbocycles. The number of carbonyl (C=O) groups excluding carboxylic acids is 1. The van der Waals surface area contributed by atoms with Gasteiger partial charge < -0.3 is 10.6 Å². The summed E-state index contributed by atoms with van der Waals surface area (Å²) in [5.74, 6) is -1.48. The van der Waals surface area contributed by atoms with E-state index in [9.17, 15) is 18.0 Å². The highest BCUT2D eigenvalue weighted by atomic mass is 32.1. The average Bonchev–Trinajstić information content (AvgIpc) is 3.09. The lowest BCUT2D eigenvalue weighted by molar-refractivity contribution is -0.187. The maximum atomic E-state index is 13.1. The van der Waals surface area contributed by atoms with E-state index in [1.807, 2.05) is 11.4 Å². The predicted octanol–water partition coefficient (Wildman–Crippen LogP) is 5.05. The van der Waals surface area contributed by atoms with Crippen LogP contribution in [0.4, 0.5) is 23.7 Å². The first-order valence-corrected chi connectivity index (χ1v) is 8.95. The van der Waals surface area contributed by atoms with Crippen LogP contribution in [-0.4, -0.2) is 23.2 Å². The molecule has 1 heterocycles. The molecule has 25 heavy (non-hydrogen) atoms. The van der Waals surface area contributed by atoms with Gasteiger partial charge in [0, 0.05) is 28.9 Å². The number of nitrogens with zero attached hydrogens (tertiary/aromatic N) is 1. The molecule has 0 saturated heterocycles. The quantitative estimate of drug-likeness (QED) is 0.795. The third-order valence-corrected chi connectivity index (χ3v) is 5.12. The Morgan fingerprint density at radius 2 is 2.04 bits per heavy atom. The summed E-state index contributed by atoms with van der Waals surface area (Å²) >= 11 is 1.47. The number of hydrogen-bond acceptors (Lipinski definition) is 3. The third-order valence-electron chi connectivity index (χ3n) is 4.30. The number of benzene rings is 1. The van der Waals surface area contributed by atoms with Gasteiger partial charge in [-0.15, -0.1) is 11.3 Å². The monoisotopic (exact) mass is 369 g/mol. The van der Waals surface area contributed by atoms with Crippen LogP contribution < -0.4 is 10.6 Å². The van der Waals surface area contributed by atoms with E-state index >= 15 is 0 Å². The largest absolute Gasteiger partial charge is 0.393 e. The van der Waals surface area contributed by atoms with Crippen molar-refractivity contribution in [3.8, 4) is 10.6 Å². The number of amides is 2. The van der Waals surface area contributed by atoms with Gasteiger partial charge in [0.15, 0.2) is 0 Å². The standard InChI is InChI=1S/C17H18F3N3OS/c18-17(19,20)13-6-1-2-7-14(13)23-16(24)22-12-5-3-4-11(10-12)15-21-8-9-25-15/h3-5,8-10,13-14H,1-2,6-7H2,(H2,22,23,24). The van der Waals surface area contributed by atoms with E-state index in [-0.39, 0.29) is 6.42 Å². The Morgan fingerprint density at radius 1 is 1.24 bits per heavy atom. The van der Waals surface area contributed by atoms with Gasteiger partial charge in [0.05, 0.1) is 5.92 Å². The first kappa shape index (κ1) is 17.7. The van der Waals surface area contributed by atoms with Crippen molar-refractivity contribution < 1.29 is 18.0 Å². The second-order valence-electron chi connectivity index (χ2n) is 6.06. The summed E-state index contributed by atoms with van der Waals surface area (Å²) < 4.78 is 39.3. The number of thiazole rings is 1. The number of hydrogen-bond donors (Lipinski definition) is 2. The van der Waals surface area contributed by atoms with Crippen molar-refractivity contribution in [2.45, 2.75) is 37.9 Å². The Hall–Kier alpha value is -2.09. The van der Waals surface area contributed by atoms with E-state index in [2.05, 4.69) is 15.6 Å². The van der Waals surface area contributed by atoms with E-state index in [1.165, 1.54) is 11.3 Å². The zero-order valence-electron chi connectivity index (χ0n) is 13.3. The fourth-order valence-electron chi connectivity index (χ4n) is 3.13. The Morgan fingerprint density at radius 3 is 2.76 bits per heavy atom. The normalized spacial score (nSPS) is 20.9. The molecule has 3 rings (SSSR count). The summed E-state index contributed by atoms with van der Waals surface area (Å²) in [5.41, 5.74) is 1.36. The summed E-state index contributed by atoms with van der Waals surface area (Å²) in [6.07, 6.45) is -0.960. The maximum absolute atomic E-state index is 13.1. The van der Waals surface area contributed by atoms with Crippen LogP contribution in [0, 0.1) is 5.92 Å². The van der Waals surface area contributed by atoms with E-state index < -0.39 is 24.2 Å². The minimum Gasteiger partial charge on any atom is -0.335 e. The van der Waals surface area contributed by atoms with Crippen molar-refractivity contribution in [1.82, 2.24) is 10.3 Å². The third kappa shape index (κ3) is 4.50. The first-order valence-electron chi connectivity index (χ1n) is 8.07. The number of carbonyl (C=O) groups is 1. The Labute approximate surface area is 147 Å². The lowest BCUT2D eigenvalue weighted by atomic mass is 9.84. The predicted molar refractivity (Wildman–Crippen MR) is 91.5 cm³/mol. The van der Waals surface area contributed by atoms with Crippen molar-refractivity contribution >= 4 is 23.1 Å². The van der Waals surface area contributed by atoms with E-state index in [0.717, 1.165) is 10.6 Å². The van der Waals surface area contributed by atoms with Crippen LogP contribution >= 0.6 is 11.3 Å². The summed E-state index contributed by atoms with van der Waals surface area (Å²) in [4.78, 5) is 16.4. The molecule has 2 atom stereocenters. The molecule has 0 bridgehead atoms. The number of nitrogens with one attached hydrogen (secondary N) is 2. The van der Waals surface area contributed by atoms with Gasteiger partial charge in [0.25, 0.3) is 0 Å². The van der Waals surface area contributed by atoms with Crippen LogP contribution in [0.5, 0.6) is 0 Å². The number of urea groups is 1. The average molecular weight is 369 g/mol. The van der Waals surface area contributed by atoms with Gasteiger partial charge in [-0.25, -0.2) is 9.78 Å². The topological polar surface area (TPSA) is 54.0 Å². The van der Waals surface area contributed by atoms with Gasteiger partial charge >= 0.3 is 12.2 Å². The van der Waals surface area contributed by atoms with Gasteiger partial charge in [0.2, 0.25) is 0 Å². The Bertz CT molecular complexity index is 718. The zero-order valence-corrected chi connectivity index (χ0v) is 14.2. The highest BCUT2D eigenvalue weighted by Crippen LogP contribution is 2.37. The molecule has 0 spiro atoms. The molecule has 4 nitrogen and oxygen atoms in total. The molecular weight excluding hydrogens is 351 g/mol.